The fourth-order valence-electron chi connectivity index (χ4n) is 2.58. The van der Waals surface area contributed by atoms with Crippen LogP contribution in [0.25, 0.3) is 0 Å². The highest BCUT2D eigenvalue weighted by molar-refractivity contribution is 7.99. The van der Waals surface area contributed by atoms with Crippen molar-refractivity contribution in [2.24, 2.45) is 0 Å². The van der Waals surface area contributed by atoms with Crippen LogP contribution in [0, 0.1) is 13.8 Å². The molecule has 1 atom stereocenters. The van der Waals surface area contributed by atoms with Gasteiger partial charge in [-0.1, -0.05) is 25.1 Å². The molecule has 0 saturated carbocycles. The van der Waals surface area contributed by atoms with Gasteiger partial charge >= 0.3 is 0 Å². The van der Waals surface area contributed by atoms with Gasteiger partial charge in [0.15, 0.2) is 0 Å². The molecule has 124 valence electrons. The van der Waals surface area contributed by atoms with E-state index >= 15 is 0 Å². The molecule has 1 heterocycles. The summed E-state index contributed by atoms with van der Waals surface area (Å²) in [5, 5.41) is 2.98. The van der Waals surface area contributed by atoms with E-state index in [1.165, 1.54) is 0 Å². The van der Waals surface area contributed by atoms with Crippen LogP contribution in [0.4, 0.5) is 5.69 Å². The minimum absolute atomic E-state index is 0.0436. The Balaban J connectivity index is 2.13. The number of carbonyl (C=O) groups excluding carboxylic acids is 2. The van der Waals surface area contributed by atoms with E-state index in [2.05, 4.69) is 5.32 Å². The summed E-state index contributed by atoms with van der Waals surface area (Å²) in [6, 6.07) is 5.44. The number of hydrogen-bond acceptors (Lipinski definition) is 3. The highest BCUT2D eigenvalue weighted by Gasteiger charge is 2.35. The van der Waals surface area contributed by atoms with Gasteiger partial charge in [-0.3, -0.25) is 9.59 Å². The van der Waals surface area contributed by atoms with Crippen molar-refractivity contribution in [3.63, 3.8) is 0 Å². The molecule has 2 rings (SSSR count). The van der Waals surface area contributed by atoms with Gasteiger partial charge in [-0.2, -0.15) is 0 Å². The molecule has 0 radical (unpaired) electrons. The SMILES string of the molecule is CC/C=C(/C)C(=O)N1CSCC1C(=O)Nc1cccc(C)c1C. The molecule has 1 fully saturated rings. The first kappa shape index (κ1) is 17.6. The average Bonchev–Trinajstić information content (AvgIpc) is 3.01. The van der Waals surface area contributed by atoms with E-state index in [-0.39, 0.29) is 11.8 Å². The van der Waals surface area contributed by atoms with Gasteiger partial charge in [-0.05, 0) is 44.4 Å². The van der Waals surface area contributed by atoms with E-state index in [0.29, 0.717) is 17.2 Å². The number of carbonyl (C=O) groups is 2. The van der Waals surface area contributed by atoms with Crippen molar-refractivity contribution >= 4 is 29.3 Å². The van der Waals surface area contributed by atoms with Gasteiger partial charge in [-0.15, -0.1) is 11.8 Å². The smallest absolute Gasteiger partial charge is 0.250 e. The van der Waals surface area contributed by atoms with Crippen LogP contribution in [0.2, 0.25) is 0 Å². The van der Waals surface area contributed by atoms with E-state index in [1.54, 1.807) is 16.7 Å². The molecular weight excluding hydrogens is 308 g/mol. The number of anilines is 1. The van der Waals surface area contributed by atoms with Crippen LogP contribution < -0.4 is 5.32 Å². The number of aryl methyl sites for hydroxylation is 1. The van der Waals surface area contributed by atoms with E-state index in [4.69, 9.17) is 0 Å². The summed E-state index contributed by atoms with van der Waals surface area (Å²) in [6.45, 7) is 7.82. The zero-order valence-electron chi connectivity index (χ0n) is 14.2. The van der Waals surface area contributed by atoms with Crippen LogP contribution in [0.15, 0.2) is 29.8 Å². The minimum atomic E-state index is -0.410. The maximum absolute atomic E-state index is 12.6. The molecule has 23 heavy (non-hydrogen) atoms. The summed E-state index contributed by atoms with van der Waals surface area (Å²) in [5.41, 5.74) is 3.73. The number of benzene rings is 1. The summed E-state index contributed by atoms with van der Waals surface area (Å²) in [4.78, 5) is 26.8. The van der Waals surface area contributed by atoms with Gasteiger partial charge < -0.3 is 10.2 Å². The normalized spacial score (nSPS) is 18.2. The summed E-state index contributed by atoms with van der Waals surface area (Å²) < 4.78 is 0. The molecule has 1 aromatic carbocycles. The number of amides is 2. The second kappa shape index (κ2) is 7.68. The number of rotatable bonds is 4. The van der Waals surface area contributed by atoms with Gasteiger partial charge in [0.05, 0.1) is 5.88 Å². The average molecular weight is 332 g/mol. The lowest BCUT2D eigenvalue weighted by molar-refractivity contribution is -0.133. The molecule has 1 aliphatic heterocycles. The largest absolute Gasteiger partial charge is 0.324 e. The second-order valence-electron chi connectivity index (χ2n) is 5.82. The quantitative estimate of drug-likeness (QED) is 0.859. The lowest BCUT2D eigenvalue weighted by Crippen LogP contribution is -2.44. The summed E-state index contributed by atoms with van der Waals surface area (Å²) >= 11 is 1.62. The number of nitrogens with zero attached hydrogens (tertiary/aromatic N) is 1. The van der Waals surface area contributed by atoms with Crippen molar-refractivity contribution in [3.05, 3.63) is 41.0 Å². The molecule has 0 aliphatic carbocycles. The lowest BCUT2D eigenvalue weighted by atomic mass is 10.1. The van der Waals surface area contributed by atoms with Crippen LogP contribution in [0.1, 0.15) is 31.4 Å². The standard InChI is InChI=1S/C18H24N2O2S/c1-5-7-13(3)18(22)20-11-23-10-16(20)17(21)19-15-9-6-8-12(2)14(15)4/h6-9,16H,5,10-11H2,1-4H3,(H,19,21)/b13-7-. The monoisotopic (exact) mass is 332 g/mol. The van der Waals surface area contributed by atoms with Crippen LogP contribution in [-0.2, 0) is 9.59 Å². The number of hydrogen-bond donors (Lipinski definition) is 1. The predicted molar refractivity (Wildman–Crippen MR) is 96.6 cm³/mol. The van der Waals surface area contributed by atoms with Crippen LogP contribution in [-0.4, -0.2) is 34.4 Å². The molecule has 0 spiro atoms. The lowest BCUT2D eigenvalue weighted by Gasteiger charge is -2.24. The van der Waals surface area contributed by atoms with Crippen molar-refractivity contribution in [2.75, 3.05) is 16.9 Å². The van der Waals surface area contributed by atoms with Gasteiger partial charge in [0.25, 0.3) is 5.91 Å². The predicted octanol–water partition coefficient (Wildman–Crippen LogP) is 3.50. The molecular formula is C18H24N2O2S. The van der Waals surface area contributed by atoms with Crippen LogP contribution in [0.3, 0.4) is 0 Å². The van der Waals surface area contributed by atoms with Crippen LogP contribution >= 0.6 is 11.8 Å². The minimum Gasteiger partial charge on any atom is -0.324 e. The first-order valence-electron chi connectivity index (χ1n) is 7.88. The van der Waals surface area contributed by atoms with Crippen molar-refractivity contribution < 1.29 is 9.59 Å². The molecule has 1 N–H and O–H groups in total. The zero-order valence-corrected chi connectivity index (χ0v) is 15.0. The number of nitrogens with one attached hydrogen (secondary N) is 1. The van der Waals surface area contributed by atoms with E-state index in [1.807, 2.05) is 52.0 Å². The molecule has 4 nitrogen and oxygen atoms in total. The molecule has 0 aromatic heterocycles. The molecule has 1 saturated heterocycles. The van der Waals surface area contributed by atoms with Gasteiger partial charge in [-0.25, -0.2) is 0 Å². The Bertz CT molecular complexity index is 640. The van der Waals surface area contributed by atoms with Crippen molar-refractivity contribution in [2.45, 2.75) is 40.2 Å². The van der Waals surface area contributed by atoms with Crippen molar-refractivity contribution in [1.82, 2.24) is 4.90 Å². The Kier molecular flexibility index (Phi) is 5.88. The van der Waals surface area contributed by atoms with Crippen molar-refractivity contribution in [1.29, 1.82) is 0 Å². The molecule has 1 aliphatic rings. The van der Waals surface area contributed by atoms with Crippen LogP contribution in [0.5, 0.6) is 0 Å². The Morgan fingerprint density at radius 1 is 1.39 bits per heavy atom. The second-order valence-corrected chi connectivity index (χ2v) is 6.82. The zero-order chi connectivity index (χ0) is 17.0. The Hall–Kier alpha value is -1.75. The first-order valence-corrected chi connectivity index (χ1v) is 9.03. The molecule has 1 aromatic rings. The highest BCUT2D eigenvalue weighted by atomic mass is 32.2. The molecule has 0 bridgehead atoms. The third kappa shape index (κ3) is 3.96. The number of thioether (sulfide) groups is 1. The highest BCUT2D eigenvalue weighted by Crippen LogP contribution is 2.25. The fraction of sp³-hybridized carbons (Fsp3) is 0.444. The Morgan fingerprint density at radius 2 is 2.13 bits per heavy atom. The third-order valence-electron chi connectivity index (χ3n) is 4.16. The van der Waals surface area contributed by atoms with Gasteiger partial charge in [0, 0.05) is 17.0 Å². The Labute approximate surface area is 142 Å². The summed E-state index contributed by atoms with van der Waals surface area (Å²) in [6.07, 6.45) is 2.73. The molecule has 5 heteroatoms. The van der Waals surface area contributed by atoms with Gasteiger partial charge in [0.1, 0.15) is 6.04 Å². The summed E-state index contributed by atoms with van der Waals surface area (Å²) in [5.74, 6) is 1.06. The fourth-order valence-corrected chi connectivity index (χ4v) is 3.74. The first-order chi connectivity index (χ1) is 11.0. The molecule has 1 unspecified atom stereocenters. The maximum Gasteiger partial charge on any atom is 0.250 e. The van der Waals surface area contributed by atoms with E-state index in [0.717, 1.165) is 23.2 Å². The topological polar surface area (TPSA) is 49.4 Å². The van der Waals surface area contributed by atoms with Gasteiger partial charge in [0.2, 0.25) is 5.91 Å². The third-order valence-corrected chi connectivity index (χ3v) is 5.17. The van der Waals surface area contributed by atoms with E-state index < -0.39 is 6.04 Å². The Morgan fingerprint density at radius 3 is 2.83 bits per heavy atom. The van der Waals surface area contributed by atoms with E-state index in [9.17, 15) is 9.59 Å². The van der Waals surface area contributed by atoms with Crippen molar-refractivity contribution in [3.8, 4) is 0 Å². The maximum atomic E-state index is 12.6. The molecule has 2 amide bonds. The number of allylic oxidation sites excluding steroid dienone is 1. The summed E-state index contributed by atoms with van der Waals surface area (Å²) in [7, 11) is 0.